The Balaban J connectivity index is 2.04. The van der Waals surface area contributed by atoms with E-state index >= 15 is 0 Å². The van der Waals surface area contributed by atoms with Gasteiger partial charge in [0, 0.05) is 31.5 Å². The standard InChI is InChI=1S/C12H20N4O/c1-15-5-3-4-10(8-15)16(2)12(17)11-6-9(13)7-14-11/h6-7,10,14H,3-5,8,13H2,1-2H3. The summed E-state index contributed by atoms with van der Waals surface area (Å²) in [5.74, 6) is 0.0157. The van der Waals surface area contributed by atoms with E-state index in [2.05, 4.69) is 16.9 Å². The number of nitrogens with one attached hydrogen (secondary N) is 1. The van der Waals surface area contributed by atoms with Gasteiger partial charge in [-0.05, 0) is 32.5 Å². The second kappa shape index (κ2) is 4.79. The van der Waals surface area contributed by atoms with Crippen LogP contribution in [0.3, 0.4) is 0 Å². The fourth-order valence-electron chi connectivity index (χ4n) is 2.35. The maximum atomic E-state index is 12.2. The van der Waals surface area contributed by atoms with Crippen molar-refractivity contribution in [1.82, 2.24) is 14.8 Å². The molecule has 5 nitrogen and oxygen atoms in total. The number of carbonyl (C=O) groups is 1. The molecule has 1 aromatic rings. The number of nitrogens with two attached hydrogens (primary N) is 1. The van der Waals surface area contributed by atoms with E-state index in [-0.39, 0.29) is 5.91 Å². The van der Waals surface area contributed by atoms with Crippen LogP contribution in [0.2, 0.25) is 0 Å². The maximum absolute atomic E-state index is 12.2. The number of rotatable bonds is 2. The summed E-state index contributed by atoms with van der Waals surface area (Å²) in [7, 11) is 3.96. The second-order valence-electron chi connectivity index (χ2n) is 4.82. The molecule has 1 saturated heterocycles. The number of hydrogen-bond acceptors (Lipinski definition) is 3. The summed E-state index contributed by atoms with van der Waals surface area (Å²) in [5, 5.41) is 0. The van der Waals surface area contributed by atoms with E-state index in [4.69, 9.17) is 5.73 Å². The molecule has 1 amide bonds. The first-order valence-corrected chi connectivity index (χ1v) is 5.97. The number of aromatic nitrogens is 1. The van der Waals surface area contributed by atoms with Crippen molar-refractivity contribution >= 4 is 11.6 Å². The summed E-state index contributed by atoms with van der Waals surface area (Å²) in [6.07, 6.45) is 3.86. The van der Waals surface area contributed by atoms with E-state index in [0.717, 1.165) is 25.9 Å². The predicted octanol–water partition coefficient (Wildman–Crippen LogP) is 0.763. The van der Waals surface area contributed by atoms with Crippen molar-refractivity contribution in [2.24, 2.45) is 0 Å². The van der Waals surface area contributed by atoms with Crippen LogP contribution in [0, 0.1) is 0 Å². The fourth-order valence-corrected chi connectivity index (χ4v) is 2.35. The van der Waals surface area contributed by atoms with Crippen molar-refractivity contribution in [2.75, 3.05) is 32.9 Å². The SMILES string of the molecule is CN1CCCC(N(C)C(=O)c2cc(N)c[nH]2)C1. The van der Waals surface area contributed by atoms with Gasteiger partial charge in [-0.3, -0.25) is 4.79 Å². The van der Waals surface area contributed by atoms with E-state index in [9.17, 15) is 4.79 Å². The number of amides is 1. The van der Waals surface area contributed by atoms with E-state index in [1.54, 1.807) is 12.3 Å². The summed E-state index contributed by atoms with van der Waals surface area (Å²) < 4.78 is 0. The quantitative estimate of drug-likeness (QED) is 0.797. The number of hydrogen-bond donors (Lipinski definition) is 2. The number of anilines is 1. The highest BCUT2D eigenvalue weighted by Gasteiger charge is 2.25. The van der Waals surface area contributed by atoms with Gasteiger partial charge in [0.25, 0.3) is 5.91 Å². The third kappa shape index (κ3) is 2.61. The molecule has 3 N–H and O–H groups in total. The Hall–Kier alpha value is -1.49. The molecular weight excluding hydrogens is 216 g/mol. The van der Waals surface area contributed by atoms with Gasteiger partial charge in [0.1, 0.15) is 5.69 Å². The first-order chi connectivity index (χ1) is 8.08. The van der Waals surface area contributed by atoms with E-state index in [0.29, 0.717) is 17.4 Å². The highest BCUT2D eigenvalue weighted by atomic mass is 16.2. The van der Waals surface area contributed by atoms with Crippen LogP contribution in [-0.2, 0) is 0 Å². The lowest BCUT2D eigenvalue weighted by Crippen LogP contribution is -2.47. The molecule has 1 aromatic heterocycles. The summed E-state index contributed by atoms with van der Waals surface area (Å²) >= 11 is 0. The lowest BCUT2D eigenvalue weighted by atomic mass is 10.0. The minimum Gasteiger partial charge on any atom is -0.397 e. The van der Waals surface area contributed by atoms with Crippen LogP contribution in [0.25, 0.3) is 0 Å². The highest BCUT2D eigenvalue weighted by molar-refractivity contribution is 5.93. The number of likely N-dealkylation sites (N-methyl/N-ethyl adjacent to an activating group) is 2. The van der Waals surface area contributed by atoms with Crippen molar-refractivity contribution in [2.45, 2.75) is 18.9 Å². The average Bonchev–Trinajstić information content (AvgIpc) is 2.74. The molecule has 0 aliphatic carbocycles. The smallest absolute Gasteiger partial charge is 0.270 e. The molecule has 94 valence electrons. The van der Waals surface area contributed by atoms with Gasteiger partial charge in [-0.2, -0.15) is 0 Å². The van der Waals surface area contributed by atoms with Gasteiger partial charge in [0.05, 0.1) is 0 Å². The molecule has 2 rings (SSSR count). The molecule has 17 heavy (non-hydrogen) atoms. The van der Waals surface area contributed by atoms with Crippen molar-refractivity contribution in [3.8, 4) is 0 Å². The Bertz CT molecular complexity index is 401. The molecule has 2 heterocycles. The van der Waals surface area contributed by atoms with Crippen molar-refractivity contribution in [3.63, 3.8) is 0 Å². The van der Waals surface area contributed by atoms with Gasteiger partial charge in [0.2, 0.25) is 0 Å². The number of nitrogen functional groups attached to an aromatic ring is 1. The molecule has 0 aromatic carbocycles. The number of likely N-dealkylation sites (tertiary alicyclic amines) is 1. The molecule has 0 radical (unpaired) electrons. The van der Waals surface area contributed by atoms with Gasteiger partial charge in [-0.15, -0.1) is 0 Å². The first-order valence-electron chi connectivity index (χ1n) is 5.97. The van der Waals surface area contributed by atoms with E-state index in [1.807, 2.05) is 11.9 Å². The minimum absolute atomic E-state index is 0.0157. The average molecular weight is 236 g/mol. The van der Waals surface area contributed by atoms with Crippen LogP contribution in [0.4, 0.5) is 5.69 Å². The molecule has 1 unspecified atom stereocenters. The van der Waals surface area contributed by atoms with Crippen LogP contribution in [-0.4, -0.2) is 53.9 Å². The van der Waals surface area contributed by atoms with E-state index in [1.165, 1.54) is 0 Å². The summed E-state index contributed by atoms with van der Waals surface area (Å²) in [6.45, 7) is 2.06. The molecule has 0 bridgehead atoms. The zero-order valence-corrected chi connectivity index (χ0v) is 10.4. The third-order valence-electron chi connectivity index (χ3n) is 3.40. The molecule has 1 fully saturated rings. The topological polar surface area (TPSA) is 65.4 Å². The molecule has 0 saturated carbocycles. The Morgan fingerprint density at radius 3 is 3.00 bits per heavy atom. The van der Waals surface area contributed by atoms with Crippen LogP contribution < -0.4 is 5.73 Å². The lowest BCUT2D eigenvalue weighted by molar-refractivity contribution is 0.0639. The van der Waals surface area contributed by atoms with E-state index < -0.39 is 0 Å². The van der Waals surface area contributed by atoms with Crippen LogP contribution in [0.5, 0.6) is 0 Å². The molecule has 1 atom stereocenters. The van der Waals surface area contributed by atoms with Crippen LogP contribution in [0.1, 0.15) is 23.3 Å². The van der Waals surface area contributed by atoms with Gasteiger partial charge in [0.15, 0.2) is 0 Å². The highest BCUT2D eigenvalue weighted by Crippen LogP contribution is 2.16. The number of piperidine rings is 1. The minimum atomic E-state index is 0.0157. The zero-order chi connectivity index (χ0) is 12.4. The number of carbonyl (C=O) groups excluding carboxylic acids is 1. The van der Waals surface area contributed by atoms with Gasteiger partial charge in [-0.1, -0.05) is 0 Å². The number of H-pyrrole nitrogens is 1. The Kier molecular flexibility index (Phi) is 3.38. The fraction of sp³-hybridized carbons (Fsp3) is 0.583. The normalized spacial score (nSPS) is 21.4. The lowest BCUT2D eigenvalue weighted by Gasteiger charge is -2.35. The predicted molar refractivity (Wildman–Crippen MR) is 67.8 cm³/mol. The summed E-state index contributed by atoms with van der Waals surface area (Å²) in [6, 6.07) is 1.98. The molecule has 5 heteroatoms. The third-order valence-corrected chi connectivity index (χ3v) is 3.40. The molecule has 0 spiro atoms. The largest absolute Gasteiger partial charge is 0.397 e. The van der Waals surface area contributed by atoms with Gasteiger partial charge < -0.3 is 20.5 Å². The monoisotopic (exact) mass is 236 g/mol. The Labute approximate surface area is 102 Å². The summed E-state index contributed by atoms with van der Waals surface area (Å²) in [5.41, 5.74) is 6.77. The van der Waals surface area contributed by atoms with Crippen molar-refractivity contribution in [1.29, 1.82) is 0 Å². The van der Waals surface area contributed by atoms with Crippen molar-refractivity contribution < 1.29 is 4.79 Å². The first kappa shape index (κ1) is 12.0. The maximum Gasteiger partial charge on any atom is 0.270 e. The number of aromatic amines is 1. The van der Waals surface area contributed by atoms with Gasteiger partial charge in [-0.25, -0.2) is 0 Å². The molecule has 1 aliphatic heterocycles. The Morgan fingerprint density at radius 2 is 2.41 bits per heavy atom. The number of nitrogens with zero attached hydrogens (tertiary/aromatic N) is 2. The van der Waals surface area contributed by atoms with Crippen LogP contribution in [0.15, 0.2) is 12.3 Å². The zero-order valence-electron chi connectivity index (χ0n) is 10.4. The van der Waals surface area contributed by atoms with Crippen molar-refractivity contribution in [3.05, 3.63) is 18.0 Å². The second-order valence-corrected chi connectivity index (χ2v) is 4.82. The summed E-state index contributed by atoms with van der Waals surface area (Å²) in [4.78, 5) is 19.2. The molecular formula is C12H20N4O. The van der Waals surface area contributed by atoms with Gasteiger partial charge >= 0.3 is 0 Å². The Morgan fingerprint density at radius 1 is 1.65 bits per heavy atom. The van der Waals surface area contributed by atoms with Crippen LogP contribution >= 0.6 is 0 Å². The molecule has 1 aliphatic rings.